The standard InChI is InChI=1S/C15H22N2O/c1-11-4-3-5-14(10-11)12(2)17-15(18)13-6-8-16-9-7-13/h3-5,10,12-13,16H,6-9H2,1-2H3,(H,17,18)/t12-/m1/s1. The molecular weight excluding hydrogens is 224 g/mol. The molecule has 1 saturated heterocycles. The van der Waals surface area contributed by atoms with Gasteiger partial charge in [0.25, 0.3) is 0 Å². The number of nitrogens with one attached hydrogen (secondary N) is 2. The molecule has 1 atom stereocenters. The van der Waals surface area contributed by atoms with Crippen LogP contribution in [0, 0.1) is 12.8 Å². The number of amides is 1. The molecule has 0 saturated carbocycles. The van der Waals surface area contributed by atoms with E-state index < -0.39 is 0 Å². The number of benzene rings is 1. The third kappa shape index (κ3) is 3.33. The first-order chi connectivity index (χ1) is 8.66. The summed E-state index contributed by atoms with van der Waals surface area (Å²) in [5, 5.41) is 6.41. The molecule has 1 aliphatic rings. The zero-order chi connectivity index (χ0) is 13.0. The molecule has 98 valence electrons. The second-order valence-corrected chi connectivity index (χ2v) is 5.17. The van der Waals surface area contributed by atoms with Crippen molar-refractivity contribution in [1.82, 2.24) is 10.6 Å². The van der Waals surface area contributed by atoms with Crippen molar-refractivity contribution in [2.45, 2.75) is 32.7 Å². The van der Waals surface area contributed by atoms with Crippen molar-refractivity contribution in [3.05, 3.63) is 35.4 Å². The predicted octanol–water partition coefficient (Wildman–Crippen LogP) is 2.17. The Hall–Kier alpha value is -1.35. The highest BCUT2D eigenvalue weighted by molar-refractivity contribution is 5.79. The van der Waals surface area contributed by atoms with Crippen LogP contribution in [-0.2, 0) is 4.79 Å². The zero-order valence-electron chi connectivity index (χ0n) is 11.2. The van der Waals surface area contributed by atoms with E-state index in [0.717, 1.165) is 25.9 Å². The van der Waals surface area contributed by atoms with Crippen LogP contribution in [0.2, 0.25) is 0 Å². The Morgan fingerprint density at radius 1 is 1.39 bits per heavy atom. The lowest BCUT2D eigenvalue weighted by molar-refractivity contribution is -0.126. The van der Waals surface area contributed by atoms with Gasteiger partial charge in [-0.15, -0.1) is 0 Å². The van der Waals surface area contributed by atoms with Gasteiger partial charge >= 0.3 is 0 Å². The number of carbonyl (C=O) groups is 1. The van der Waals surface area contributed by atoms with Gasteiger partial charge in [0.15, 0.2) is 0 Å². The highest BCUT2D eigenvalue weighted by atomic mass is 16.1. The number of rotatable bonds is 3. The fraction of sp³-hybridized carbons (Fsp3) is 0.533. The number of hydrogen-bond donors (Lipinski definition) is 2. The maximum absolute atomic E-state index is 12.1. The van der Waals surface area contributed by atoms with E-state index >= 15 is 0 Å². The Morgan fingerprint density at radius 3 is 2.78 bits per heavy atom. The Balaban J connectivity index is 1.94. The summed E-state index contributed by atoms with van der Waals surface area (Å²) in [6, 6.07) is 8.41. The fourth-order valence-electron chi connectivity index (χ4n) is 2.44. The van der Waals surface area contributed by atoms with E-state index in [1.165, 1.54) is 11.1 Å². The summed E-state index contributed by atoms with van der Waals surface area (Å²) in [5.41, 5.74) is 2.41. The van der Waals surface area contributed by atoms with Crippen molar-refractivity contribution in [3.8, 4) is 0 Å². The lowest BCUT2D eigenvalue weighted by Gasteiger charge is -2.24. The molecule has 0 radical (unpaired) electrons. The SMILES string of the molecule is Cc1cccc([C@@H](C)NC(=O)C2CCNCC2)c1. The molecule has 1 amide bonds. The van der Waals surface area contributed by atoms with Gasteiger partial charge in [0, 0.05) is 5.92 Å². The largest absolute Gasteiger partial charge is 0.349 e. The molecule has 3 nitrogen and oxygen atoms in total. The van der Waals surface area contributed by atoms with Crippen molar-refractivity contribution < 1.29 is 4.79 Å². The van der Waals surface area contributed by atoms with E-state index in [9.17, 15) is 4.79 Å². The third-order valence-electron chi connectivity index (χ3n) is 3.61. The van der Waals surface area contributed by atoms with E-state index in [4.69, 9.17) is 0 Å². The van der Waals surface area contributed by atoms with Gasteiger partial charge in [0.1, 0.15) is 0 Å². The summed E-state index contributed by atoms with van der Waals surface area (Å²) in [7, 11) is 0. The predicted molar refractivity (Wildman–Crippen MR) is 73.3 cm³/mol. The van der Waals surface area contributed by atoms with Gasteiger partial charge in [-0.3, -0.25) is 4.79 Å². The molecule has 0 aromatic heterocycles. The first-order valence-electron chi connectivity index (χ1n) is 6.74. The number of aryl methyl sites for hydroxylation is 1. The van der Waals surface area contributed by atoms with Crippen molar-refractivity contribution in [3.63, 3.8) is 0 Å². The van der Waals surface area contributed by atoms with E-state index in [1.54, 1.807) is 0 Å². The second kappa shape index (κ2) is 6.01. The Bertz CT molecular complexity index is 411. The average molecular weight is 246 g/mol. The van der Waals surface area contributed by atoms with E-state index in [2.05, 4.69) is 35.8 Å². The Labute approximate surface area is 109 Å². The van der Waals surface area contributed by atoms with E-state index in [1.807, 2.05) is 13.0 Å². The van der Waals surface area contributed by atoms with Gasteiger partial charge in [-0.1, -0.05) is 29.8 Å². The van der Waals surface area contributed by atoms with Crippen LogP contribution in [0.3, 0.4) is 0 Å². The first kappa shape index (κ1) is 13.1. The normalized spacial score (nSPS) is 18.3. The zero-order valence-corrected chi connectivity index (χ0v) is 11.2. The molecule has 0 aliphatic carbocycles. The lowest BCUT2D eigenvalue weighted by Crippen LogP contribution is -2.39. The summed E-state index contributed by atoms with van der Waals surface area (Å²) in [6.45, 7) is 6.03. The maximum Gasteiger partial charge on any atom is 0.223 e. The summed E-state index contributed by atoms with van der Waals surface area (Å²) in [5.74, 6) is 0.379. The molecule has 3 heteroatoms. The van der Waals surface area contributed by atoms with Gasteiger partial charge in [-0.05, 0) is 45.3 Å². The minimum Gasteiger partial charge on any atom is -0.349 e. The van der Waals surface area contributed by atoms with Crippen LogP contribution in [0.1, 0.15) is 36.9 Å². The van der Waals surface area contributed by atoms with Gasteiger partial charge < -0.3 is 10.6 Å². The van der Waals surface area contributed by atoms with Gasteiger partial charge in [0.2, 0.25) is 5.91 Å². The van der Waals surface area contributed by atoms with Crippen molar-refractivity contribution >= 4 is 5.91 Å². The molecule has 2 N–H and O–H groups in total. The van der Waals surface area contributed by atoms with Crippen molar-refractivity contribution in [2.75, 3.05) is 13.1 Å². The fourth-order valence-corrected chi connectivity index (χ4v) is 2.44. The molecule has 0 unspecified atom stereocenters. The van der Waals surface area contributed by atoms with E-state index in [0.29, 0.717) is 0 Å². The first-order valence-corrected chi connectivity index (χ1v) is 6.74. The Morgan fingerprint density at radius 2 is 2.11 bits per heavy atom. The van der Waals surface area contributed by atoms with Crippen LogP contribution >= 0.6 is 0 Å². The molecule has 0 spiro atoms. The van der Waals surface area contributed by atoms with Crippen molar-refractivity contribution in [1.29, 1.82) is 0 Å². The highest BCUT2D eigenvalue weighted by Gasteiger charge is 2.22. The topological polar surface area (TPSA) is 41.1 Å². The molecule has 1 aromatic carbocycles. The highest BCUT2D eigenvalue weighted by Crippen LogP contribution is 2.17. The molecule has 1 aromatic rings. The van der Waals surface area contributed by atoms with E-state index in [-0.39, 0.29) is 17.9 Å². The molecule has 1 aliphatic heterocycles. The summed E-state index contributed by atoms with van der Waals surface area (Å²) >= 11 is 0. The van der Waals surface area contributed by atoms with Gasteiger partial charge in [-0.25, -0.2) is 0 Å². The van der Waals surface area contributed by atoms with Gasteiger partial charge in [-0.2, -0.15) is 0 Å². The minimum absolute atomic E-state index is 0.0901. The lowest BCUT2D eigenvalue weighted by atomic mass is 9.96. The van der Waals surface area contributed by atoms with Crippen molar-refractivity contribution in [2.24, 2.45) is 5.92 Å². The smallest absolute Gasteiger partial charge is 0.223 e. The molecule has 18 heavy (non-hydrogen) atoms. The number of carbonyl (C=O) groups excluding carboxylic acids is 1. The van der Waals surface area contributed by atoms with Crippen LogP contribution < -0.4 is 10.6 Å². The number of hydrogen-bond acceptors (Lipinski definition) is 2. The van der Waals surface area contributed by atoms with Gasteiger partial charge in [0.05, 0.1) is 6.04 Å². The van der Waals surface area contributed by atoms with Crippen LogP contribution in [0.4, 0.5) is 0 Å². The van der Waals surface area contributed by atoms with Crippen LogP contribution in [-0.4, -0.2) is 19.0 Å². The molecular formula is C15H22N2O. The quantitative estimate of drug-likeness (QED) is 0.858. The minimum atomic E-state index is 0.0901. The second-order valence-electron chi connectivity index (χ2n) is 5.17. The maximum atomic E-state index is 12.1. The summed E-state index contributed by atoms with van der Waals surface area (Å²) < 4.78 is 0. The molecule has 1 heterocycles. The summed E-state index contributed by atoms with van der Waals surface area (Å²) in [4.78, 5) is 12.1. The summed E-state index contributed by atoms with van der Waals surface area (Å²) in [6.07, 6.45) is 1.90. The average Bonchev–Trinajstić information content (AvgIpc) is 2.39. The molecule has 1 fully saturated rings. The molecule has 0 bridgehead atoms. The number of piperidine rings is 1. The van der Waals surface area contributed by atoms with Crippen LogP contribution in [0.5, 0.6) is 0 Å². The molecule has 2 rings (SSSR count). The third-order valence-corrected chi connectivity index (χ3v) is 3.61. The Kier molecular flexibility index (Phi) is 4.37. The monoisotopic (exact) mass is 246 g/mol. The van der Waals surface area contributed by atoms with Crippen LogP contribution in [0.25, 0.3) is 0 Å². The van der Waals surface area contributed by atoms with Crippen LogP contribution in [0.15, 0.2) is 24.3 Å².